The van der Waals surface area contributed by atoms with Gasteiger partial charge in [0, 0.05) is 0 Å². The SMILES string of the molecule is N#Cc1cccc2c1nc(N)n2-c1ccc(F)c(F)c1F. The Hall–Kier alpha value is -3.01. The lowest BCUT2D eigenvalue weighted by Gasteiger charge is -2.08. The molecule has 0 atom stereocenters. The number of halogens is 3. The van der Waals surface area contributed by atoms with E-state index in [1.54, 1.807) is 12.1 Å². The summed E-state index contributed by atoms with van der Waals surface area (Å²) >= 11 is 0. The van der Waals surface area contributed by atoms with Crippen molar-refractivity contribution in [2.75, 3.05) is 5.73 Å². The number of rotatable bonds is 1. The summed E-state index contributed by atoms with van der Waals surface area (Å²) in [4.78, 5) is 3.99. The normalized spacial score (nSPS) is 10.8. The highest BCUT2D eigenvalue weighted by molar-refractivity contribution is 5.85. The van der Waals surface area contributed by atoms with E-state index in [2.05, 4.69) is 4.98 Å². The van der Waals surface area contributed by atoms with Crippen molar-refractivity contribution >= 4 is 17.0 Å². The van der Waals surface area contributed by atoms with Gasteiger partial charge in [-0.05, 0) is 24.3 Å². The van der Waals surface area contributed by atoms with Crippen molar-refractivity contribution < 1.29 is 13.2 Å². The third-order valence-electron chi connectivity index (χ3n) is 3.09. The van der Waals surface area contributed by atoms with E-state index >= 15 is 0 Å². The van der Waals surface area contributed by atoms with Crippen LogP contribution in [0.15, 0.2) is 30.3 Å². The van der Waals surface area contributed by atoms with Gasteiger partial charge in [0.1, 0.15) is 11.6 Å². The molecule has 0 radical (unpaired) electrons. The number of imidazole rings is 1. The number of benzene rings is 2. The Morgan fingerprint density at radius 2 is 1.86 bits per heavy atom. The second-order valence-electron chi connectivity index (χ2n) is 4.28. The van der Waals surface area contributed by atoms with Gasteiger partial charge in [-0.25, -0.2) is 18.2 Å². The number of para-hydroxylation sites is 1. The molecule has 1 aromatic heterocycles. The van der Waals surface area contributed by atoms with Gasteiger partial charge < -0.3 is 5.73 Å². The Bertz CT molecular complexity index is 909. The Morgan fingerprint density at radius 1 is 1.10 bits per heavy atom. The zero-order chi connectivity index (χ0) is 15.1. The van der Waals surface area contributed by atoms with Crippen LogP contribution in [-0.4, -0.2) is 9.55 Å². The van der Waals surface area contributed by atoms with Crippen molar-refractivity contribution in [2.45, 2.75) is 0 Å². The number of nitrogen functional groups attached to an aromatic ring is 1. The zero-order valence-electron chi connectivity index (χ0n) is 10.4. The van der Waals surface area contributed by atoms with Crippen LogP contribution in [0.5, 0.6) is 0 Å². The lowest BCUT2D eigenvalue weighted by molar-refractivity contribution is 0.445. The van der Waals surface area contributed by atoms with E-state index in [-0.39, 0.29) is 22.7 Å². The average molecular weight is 288 g/mol. The number of fused-ring (bicyclic) bond motifs is 1. The van der Waals surface area contributed by atoms with Crippen molar-refractivity contribution in [1.29, 1.82) is 5.26 Å². The van der Waals surface area contributed by atoms with Crippen LogP contribution in [0.3, 0.4) is 0 Å². The fraction of sp³-hybridized carbons (Fsp3) is 0. The van der Waals surface area contributed by atoms with E-state index in [1.165, 1.54) is 6.07 Å². The molecule has 2 N–H and O–H groups in total. The van der Waals surface area contributed by atoms with Crippen LogP contribution in [0, 0.1) is 28.8 Å². The Kier molecular flexibility index (Phi) is 2.80. The Morgan fingerprint density at radius 3 is 2.57 bits per heavy atom. The second-order valence-corrected chi connectivity index (χ2v) is 4.28. The molecule has 0 bridgehead atoms. The number of nitrogens with two attached hydrogens (primary N) is 1. The molecule has 0 aliphatic rings. The highest BCUT2D eigenvalue weighted by Gasteiger charge is 2.19. The number of nitriles is 1. The van der Waals surface area contributed by atoms with Crippen molar-refractivity contribution in [1.82, 2.24) is 9.55 Å². The molecular weight excluding hydrogens is 281 g/mol. The molecule has 0 aliphatic carbocycles. The van der Waals surface area contributed by atoms with Crippen LogP contribution < -0.4 is 5.73 Å². The molecular formula is C14H7F3N4. The molecule has 0 fully saturated rings. The first-order valence-corrected chi connectivity index (χ1v) is 5.85. The third-order valence-corrected chi connectivity index (χ3v) is 3.09. The van der Waals surface area contributed by atoms with Gasteiger partial charge in [0.05, 0.1) is 16.8 Å². The number of anilines is 1. The second kappa shape index (κ2) is 4.52. The van der Waals surface area contributed by atoms with Crippen molar-refractivity contribution in [3.05, 3.63) is 53.3 Å². The van der Waals surface area contributed by atoms with Gasteiger partial charge in [-0.1, -0.05) is 6.07 Å². The van der Waals surface area contributed by atoms with E-state index in [4.69, 9.17) is 11.0 Å². The molecule has 4 nitrogen and oxygen atoms in total. The van der Waals surface area contributed by atoms with E-state index < -0.39 is 17.5 Å². The topological polar surface area (TPSA) is 67.6 Å². The lowest BCUT2D eigenvalue weighted by atomic mass is 10.2. The van der Waals surface area contributed by atoms with Gasteiger partial charge in [0.15, 0.2) is 17.5 Å². The number of hydrogen-bond acceptors (Lipinski definition) is 3. The van der Waals surface area contributed by atoms with Crippen LogP contribution in [0.25, 0.3) is 16.7 Å². The molecule has 0 unspecified atom stereocenters. The molecule has 0 amide bonds. The van der Waals surface area contributed by atoms with E-state index in [0.29, 0.717) is 5.52 Å². The van der Waals surface area contributed by atoms with Crippen LogP contribution in [0.2, 0.25) is 0 Å². The largest absolute Gasteiger partial charge is 0.369 e. The number of hydrogen-bond donors (Lipinski definition) is 1. The monoisotopic (exact) mass is 288 g/mol. The highest BCUT2D eigenvalue weighted by atomic mass is 19.2. The summed E-state index contributed by atoms with van der Waals surface area (Å²) in [6.45, 7) is 0. The standard InChI is InChI=1S/C14H7F3N4/c15-8-4-5-9(12(17)11(8)16)21-10-3-1-2-7(6-18)13(10)20-14(21)19/h1-5H,(H2,19,20). The molecule has 3 rings (SSSR count). The predicted octanol–water partition coefficient (Wildman–Crippen LogP) is 2.90. The minimum atomic E-state index is -1.59. The summed E-state index contributed by atoms with van der Waals surface area (Å²) < 4.78 is 41.5. The molecule has 0 saturated heterocycles. The maximum Gasteiger partial charge on any atom is 0.206 e. The first kappa shape index (κ1) is 13.0. The minimum absolute atomic E-state index is 0.127. The maximum absolute atomic E-state index is 13.9. The summed E-state index contributed by atoms with van der Waals surface area (Å²) in [6, 6.07) is 8.45. The van der Waals surface area contributed by atoms with Crippen LogP contribution >= 0.6 is 0 Å². The predicted molar refractivity (Wildman–Crippen MR) is 70.1 cm³/mol. The molecule has 2 aromatic carbocycles. The van der Waals surface area contributed by atoms with Crippen molar-refractivity contribution in [3.63, 3.8) is 0 Å². The third kappa shape index (κ3) is 1.80. The summed E-state index contributed by atoms with van der Waals surface area (Å²) in [7, 11) is 0. The summed E-state index contributed by atoms with van der Waals surface area (Å²) in [6.07, 6.45) is 0. The number of aromatic nitrogens is 2. The summed E-state index contributed by atoms with van der Waals surface area (Å²) in [5.74, 6) is -4.39. The Labute approximate surface area is 116 Å². The smallest absolute Gasteiger partial charge is 0.206 e. The Balaban J connectivity index is 2.39. The van der Waals surface area contributed by atoms with Crippen molar-refractivity contribution in [3.8, 4) is 11.8 Å². The molecule has 21 heavy (non-hydrogen) atoms. The quantitative estimate of drug-likeness (QED) is 0.700. The molecule has 1 heterocycles. The maximum atomic E-state index is 13.9. The molecule has 0 saturated carbocycles. The molecule has 0 spiro atoms. The van der Waals surface area contributed by atoms with Crippen molar-refractivity contribution in [2.24, 2.45) is 0 Å². The van der Waals surface area contributed by atoms with Gasteiger partial charge in [-0.3, -0.25) is 4.57 Å². The molecule has 3 aromatic rings. The molecule has 7 heteroatoms. The molecule has 104 valence electrons. The van der Waals surface area contributed by atoms with Gasteiger partial charge in [0.25, 0.3) is 0 Å². The fourth-order valence-corrected chi connectivity index (χ4v) is 2.15. The lowest BCUT2D eigenvalue weighted by Crippen LogP contribution is -2.05. The van der Waals surface area contributed by atoms with E-state index in [0.717, 1.165) is 16.7 Å². The summed E-state index contributed by atoms with van der Waals surface area (Å²) in [5.41, 5.74) is 6.30. The first-order valence-electron chi connectivity index (χ1n) is 5.85. The first-order chi connectivity index (χ1) is 10.0. The average Bonchev–Trinajstić information content (AvgIpc) is 2.81. The zero-order valence-corrected chi connectivity index (χ0v) is 10.4. The minimum Gasteiger partial charge on any atom is -0.369 e. The van der Waals surface area contributed by atoms with Gasteiger partial charge >= 0.3 is 0 Å². The van der Waals surface area contributed by atoms with Gasteiger partial charge in [-0.2, -0.15) is 5.26 Å². The van der Waals surface area contributed by atoms with E-state index in [1.807, 2.05) is 6.07 Å². The number of nitrogens with zero attached hydrogens (tertiary/aromatic N) is 3. The van der Waals surface area contributed by atoms with E-state index in [9.17, 15) is 13.2 Å². The van der Waals surface area contributed by atoms with Gasteiger partial charge in [-0.15, -0.1) is 0 Å². The molecule has 0 aliphatic heterocycles. The van der Waals surface area contributed by atoms with Crippen LogP contribution in [0.1, 0.15) is 5.56 Å². The van der Waals surface area contributed by atoms with Gasteiger partial charge in [0.2, 0.25) is 5.95 Å². The highest BCUT2D eigenvalue weighted by Crippen LogP contribution is 2.28. The summed E-state index contributed by atoms with van der Waals surface area (Å²) in [5, 5.41) is 9.02. The fourth-order valence-electron chi connectivity index (χ4n) is 2.15. The van der Waals surface area contributed by atoms with Crippen LogP contribution in [-0.2, 0) is 0 Å². The van der Waals surface area contributed by atoms with Crippen LogP contribution in [0.4, 0.5) is 19.1 Å².